The van der Waals surface area contributed by atoms with Crippen LogP contribution in [0.3, 0.4) is 0 Å². The van der Waals surface area contributed by atoms with E-state index in [9.17, 15) is 24.3 Å². The molecule has 0 radical (unpaired) electrons. The Morgan fingerprint density at radius 2 is 1.09 bits per heavy atom. The highest BCUT2D eigenvalue weighted by Crippen LogP contribution is 2.50. The Morgan fingerprint density at radius 3 is 1.52 bits per heavy atom. The van der Waals surface area contributed by atoms with Gasteiger partial charge < -0.3 is 38.9 Å². The van der Waals surface area contributed by atoms with Crippen molar-refractivity contribution in [3.05, 3.63) is 108 Å². The zero-order valence-electron chi connectivity index (χ0n) is 34.0. The third kappa shape index (κ3) is 11.1. The first-order valence-electron chi connectivity index (χ1n) is 18.9. The lowest BCUT2D eigenvalue weighted by atomic mass is 9.93. The van der Waals surface area contributed by atoms with Crippen LogP contribution < -0.4 is 19.3 Å². The Hall–Kier alpha value is -5.02. The second-order valence-electron chi connectivity index (χ2n) is 14.4. The number of esters is 1. The standard InChI is InChI=1S/2C22H26N2O4S/c1-15(25)28-20-21(16-9-11-17(27-4)12-10-16)29-19-8-6-5-7-18(19)24(22(20)26)14-13-23(2)3;1-23(2)12-13-24-18-6-4-5-7-19(18)29-21(17(22(24)27)14-20(25)26)15-8-10-16(28-3)11-9-15/h5-12,20-21H,13-14H2,1-4H3;4-11,17,21H,12-14H2,1-3H3,(H,25,26)/t20-,21+;/m1./s1. The molecule has 6 rings (SSSR count). The maximum Gasteiger partial charge on any atom is 0.304 e. The summed E-state index contributed by atoms with van der Waals surface area (Å²) in [6.45, 7) is 3.75. The van der Waals surface area contributed by atoms with Crippen LogP contribution in [0.1, 0.15) is 35.0 Å². The number of methoxy groups -OCH3 is 2. The number of carbonyl (C=O) groups is 4. The van der Waals surface area contributed by atoms with Gasteiger partial charge in [0.25, 0.3) is 5.91 Å². The predicted octanol–water partition coefficient (Wildman–Crippen LogP) is 6.90. The molecule has 2 amide bonds. The topological polar surface area (TPSA) is 129 Å². The number of para-hydroxylation sites is 2. The Morgan fingerprint density at radius 1 is 0.655 bits per heavy atom. The van der Waals surface area contributed by atoms with Gasteiger partial charge in [-0.2, -0.15) is 0 Å². The van der Waals surface area contributed by atoms with E-state index in [1.807, 2.05) is 135 Å². The van der Waals surface area contributed by atoms with Gasteiger partial charge in [0.15, 0.2) is 6.10 Å². The molecule has 2 unspecified atom stereocenters. The van der Waals surface area contributed by atoms with Crippen molar-refractivity contribution >= 4 is 58.7 Å². The molecule has 14 heteroatoms. The highest BCUT2D eigenvalue weighted by Gasteiger charge is 2.41. The number of aliphatic carboxylic acids is 1. The third-order valence-electron chi connectivity index (χ3n) is 9.67. The summed E-state index contributed by atoms with van der Waals surface area (Å²) in [6, 6.07) is 30.7. The molecule has 2 aliphatic rings. The summed E-state index contributed by atoms with van der Waals surface area (Å²) >= 11 is 3.10. The largest absolute Gasteiger partial charge is 0.497 e. The molecule has 2 aliphatic heterocycles. The van der Waals surface area contributed by atoms with Gasteiger partial charge in [0, 0.05) is 48.1 Å². The lowest BCUT2D eigenvalue weighted by Gasteiger charge is -2.28. The summed E-state index contributed by atoms with van der Waals surface area (Å²) in [5, 5.41) is 8.88. The van der Waals surface area contributed by atoms with Gasteiger partial charge in [0.05, 0.1) is 43.2 Å². The summed E-state index contributed by atoms with van der Waals surface area (Å²) in [7, 11) is 11.1. The lowest BCUT2D eigenvalue weighted by molar-refractivity contribution is -0.152. The van der Waals surface area contributed by atoms with Crippen molar-refractivity contribution in [2.45, 2.75) is 39.7 Å². The molecule has 58 heavy (non-hydrogen) atoms. The van der Waals surface area contributed by atoms with Crippen LogP contribution in [0.15, 0.2) is 107 Å². The Balaban J connectivity index is 0.000000221. The summed E-state index contributed by atoms with van der Waals surface area (Å²) in [4.78, 5) is 60.1. The Bertz CT molecular complexity index is 1880. The minimum absolute atomic E-state index is 0.146. The first-order valence-corrected chi connectivity index (χ1v) is 20.7. The average Bonchev–Trinajstić information content (AvgIpc) is 3.39. The van der Waals surface area contributed by atoms with E-state index in [1.54, 1.807) is 47.5 Å². The van der Waals surface area contributed by atoms with Gasteiger partial charge in [-0.25, -0.2) is 0 Å². The van der Waals surface area contributed by atoms with Crippen LogP contribution in [0.2, 0.25) is 0 Å². The first kappa shape index (κ1) is 44.1. The number of nitrogens with zero attached hydrogens (tertiary/aromatic N) is 4. The molecule has 1 N–H and O–H groups in total. The van der Waals surface area contributed by atoms with Crippen molar-refractivity contribution in [2.75, 3.05) is 78.4 Å². The van der Waals surface area contributed by atoms with Crippen molar-refractivity contribution in [3.8, 4) is 11.5 Å². The molecule has 12 nitrogen and oxygen atoms in total. The van der Waals surface area contributed by atoms with Crippen LogP contribution >= 0.6 is 23.5 Å². The number of benzene rings is 4. The Kier molecular flexibility index (Phi) is 15.7. The quantitative estimate of drug-likeness (QED) is 0.141. The maximum atomic E-state index is 13.6. The average molecular weight is 829 g/mol. The minimum Gasteiger partial charge on any atom is -0.497 e. The molecule has 4 aromatic carbocycles. The van der Waals surface area contributed by atoms with Crippen LogP contribution in [-0.2, 0) is 23.9 Å². The zero-order chi connectivity index (χ0) is 41.9. The smallest absolute Gasteiger partial charge is 0.304 e. The number of rotatable bonds is 13. The van der Waals surface area contributed by atoms with Crippen molar-refractivity contribution in [1.82, 2.24) is 9.80 Å². The van der Waals surface area contributed by atoms with Crippen molar-refractivity contribution in [1.29, 1.82) is 0 Å². The highest BCUT2D eigenvalue weighted by molar-refractivity contribution is 8.00. The van der Waals surface area contributed by atoms with E-state index in [-0.39, 0.29) is 28.7 Å². The van der Waals surface area contributed by atoms with E-state index in [0.717, 1.165) is 43.8 Å². The highest BCUT2D eigenvalue weighted by atomic mass is 32.2. The van der Waals surface area contributed by atoms with Crippen LogP contribution in [-0.4, -0.2) is 113 Å². The van der Waals surface area contributed by atoms with Gasteiger partial charge in [-0.05, 0) is 87.8 Å². The fraction of sp³-hybridized carbons (Fsp3) is 0.364. The molecule has 0 fully saturated rings. The molecule has 0 bridgehead atoms. The molecule has 0 saturated carbocycles. The number of carbonyl (C=O) groups excluding carboxylic acids is 3. The van der Waals surface area contributed by atoms with Gasteiger partial charge in [0.1, 0.15) is 11.5 Å². The fourth-order valence-electron chi connectivity index (χ4n) is 6.69. The second-order valence-corrected chi connectivity index (χ2v) is 16.7. The van der Waals surface area contributed by atoms with E-state index in [4.69, 9.17) is 14.2 Å². The van der Waals surface area contributed by atoms with Crippen molar-refractivity contribution in [3.63, 3.8) is 0 Å². The summed E-state index contributed by atoms with van der Waals surface area (Å²) in [6.07, 6.45) is -1.13. The SMILES string of the molecule is COc1ccc(C2Sc3ccccc3N(CCN(C)C)C(=O)C2CC(=O)O)cc1.COc1ccc([C@@H]2Sc3ccccc3N(CCN(C)C)C(=O)[C@@H]2OC(C)=O)cc1. The van der Waals surface area contributed by atoms with E-state index in [0.29, 0.717) is 26.2 Å². The van der Waals surface area contributed by atoms with Gasteiger partial charge in [-0.15, -0.1) is 23.5 Å². The van der Waals surface area contributed by atoms with E-state index in [1.165, 1.54) is 6.92 Å². The third-order valence-corrected chi connectivity index (χ3v) is 12.5. The van der Waals surface area contributed by atoms with Crippen LogP contribution in [0.25, 0.3) is 0 Å². The monoisotopic (exact) mass is 828 g/mol. The van der Waals surface area contributed by atoms with Crippen LogP contribution in [0.4, 0.5) is 11.4 Å². The lowest BCUT2D eigenvalue weighted by Crippen LogP contribution is -2.45. The number of anilines is 2. The van der Waals surface area contributed by atoms with Gasteiger partial charge >= 0.3 is 11.9 Å². The molecule has 4 aromatic rings. The van der Waals surface area contributed by atoms with E-state index >= 15 is 0 Å². The normalized spacial score (nSPS) is 19.0. The molecule has 0 saturated heterocycles. The van der Waals surface area contributed by atoms with Gasteiger partial charge in [-0.3, -0.25) is 19.2 Å². The van der Waals surface area contributed by atoms with E-state index < -0.39 is 24.0 Å². The minimum atomic E-state index is -0.971. The number of fused-ring (bicyclic) bond motifs is 2. The second kappa shape index (κ2) is 20.6. The van der Waals surface area contributed by atoms with Crippen LogP contribution in [0.5, 0.6) is 11.5 Å². The summed E-state index contributed by atoms with van der Waals surface area (Å²) in [5.74, 6) is -1.01. The predicted molar refractivity (Wildman–Crippen MR) is 229 cm³/mol. The first-order chi connectivity index (χ1) is 27.8. The number of thioether (sulfide) groups is 2. The number of carboxylic acids is 1. The molecular formula is C44H52N4O8S2. The fourth-order valence-corrected chi connectivity index (χ4v) is 9.41. The molecule has 2 heterocycles. The molecule has 0 aromatic heterocycles. The maximum absolute atomic E-state index is 13.6. The molecular weight excluding hydrogens is 777 g/mol. The van der Waals surface area contributed by atoms with Gasteiger partial charge in [-0.1, -0.05) is 48.5 Å². The summed E-state index contributed by atoms with van der Waals surface area (Å²) in [5.41, 5.74) is 3.51. The number of ether oxygens (including phenoxy) is 3. The van der Waals surface area contributed by atoms with E-state index in [2.05, 4.69) is 0 Å². The van der Waals surface area contributed by atoms with Crippen molar-refractivity contribution < 1.29 is 38.5 Å². The zero-order valence-corrected chi connectivity index (χ0v) is 35.6. The van der Waals surface area contributed by atoms with Crippen molar-refractivity contribution in [2.24, 2.45) is 5.92 Å². The van der Waals surface area contributed by atoms with Crippen LogP contribution in [0, 0.1) is 5.92 Å². The van der Waals surface area contributed by atoms with Gasteiger partial charge in [0.2, 0.25) is 5.91 Å². The molecule has 0 aliphatic carbocycles. The number of amides is 2. The number of hydrogen-bond acceptors (Lipinski definition) is 11. The molecule has 0 spiro atoms. The number of likely N-dealkylation sites (N-methyl/N-ethyl adjacent to an activating group) is 2. The number of carboxylic acid groups (broad SMARTS) is 1. The number of hydrogen-bond donors (Lipinski definition) is 1. The Labute approximate surface area is 349 Å². The molecule has 308 valence electrons. The molecule has 4 atom stereocenters. The summed E-state index contributed by atoms with van der Waals surface area (Å²) < 4.78 is 16.1.